The third-order valence-electron chi connectivity index (χ3n) is 4.85. The van der Waals surface area contributed by atoms with Gasteiger partial charge in [-0.3, -0.25) is 4.79 Å². The van der Waals surface area contributed by atoms with Gasteiger partial charge in [0, 0.05) is 6.61 Å². The predicted octanol–water partition coefficient (Wildman–Crippen LogP) is 2.49. The fourth-order valence-corrected chi connectivity index (χ4v) is 5.27. The van der Waals surface area contributed by atoms with Crippen molar-refractivity contribution in [2.75, 3.05) is 13.2 Å². The standard InChI is InChI=1S/C18H22N6O4S2/c1-4-27-17(26)13-9(2)12-15(25)19-14(20-16(12)30-13)10(3)29-18-21-22-23-24(18)8-11-6-5-7-28-11/h10-11H,4-8H2,1-3H3,(H,19,20,25)/t10-,11-/m1/s1. The van der Waals surface area contributed by atoms with Crippen molar-refractivity contribution >= 4 is 39.3 Å². The smallest absolute Gasteiger partial charge is 0.348 e. The minimum absolute atomic E-state index is 0.118. The van der Waals surface area contributed by atoms with Crippen LogP contribution in [0.1, 0.15) is 53.0 Å². The molecule has 1 saturated heterocycles. The normalized spacial score (nSPS) is 17.5. The van der Waals surface area contributed by atoms with Gasteiger partial charge in [-0.15, -0.1) is 16.4 Å². The molecular formula is C18H22N6O4S2. The van der Waals surface area contributed by atoms with Crippen molar-refractivity contribution in [2.45, 2.75) is 56.7 Å². The minimum Gasteiger partial charge on any atom is -0.462 e. The Morgan fingerprint density at radius 1 is 1.50 bits per heavy atom. The first-order valence-electron chi connectivity index (χ1n) is 9.72. The van der Waals surface area contributed by atoms with Crippen LogP contribution in [0.3, 0.4) is 0 Å². The molecule has 0 saturated carbocycles. The molecule has 160 valence electrons. The van der Waals surface area contributed by atoms with Gasteiger partial charge in [0.25, 0.3) is 5.56 Å². The quantitative estimate of drug-likeness (QED) is 0.427. The largest absolute Gasteiger partial charge is 0.462 e. The number of fused-ring (bicyclic) bond motifs is 1. The van der Waals surface area contributed by atoms with Gasteiger partial charge in [-0.25, -0.2) is 14.5 Å². The predicted molar refractivity (Wildman–Crippen MR) is 112 cm³/mol. The van der Waals surface area contributed by atoms with Gasteiger partial charge >= 0.3 is 5.97 Å². The molecule has 1 N–H and O–H groups in total. The Morgan fingerprint density at radius 3 is 3.07 bits per heavy atom. The van der Waals surface area contributed by atoms with Crippen molar-refractivity contribution in [1.82, 2.24) is 30.2 Å². The average molecular weight is 451 g/mol. The van der Waals surface area contributed by atoms with E-state index >= 15 is 0 Å². The second-order valence-electron chi connectivity index (χ2n) is 6.95. The van der Waals surface area contributed by atoms with Gasteiger partial charge < -0.3 is 14.5 Å². The Bertz CT molecular complexity index is 1120. The molecule has 10 nitrogen and oxygen atoms in total. The molecule has 0 bridgehead atoms. The van der Waals surface area contributed by atoms with Gasteiger partial charge in [-0.05, 0) is 49.6 Å². The first kappa shape index (κ1) is 20.9. The molecule has 0 radical (unpaired) electrons. The summed E-state index contributed by atoms with van der Waals surface area (Å²) < 4.78 is 12.5. The minimum atomic E-state index is -0.435. The highest BCUT2D eigenvalue weighted by atomic mass is 32.2. The maximum absolute atomic E-state index is 12.7. The summed E-state index contributed by atoms with van der Waals surface area (Å²) in [5, 5.41) is 12.8. The van der Waals surface area contributed by atoms with Crippen molar-refractivity contribution < 1.29 is 14.3 Å². The van der Waals surface area contributed by atoms with Crippen molar-refractivity contribution in [3.8, 4) is 0 Å². The third kappa shape index (κ3) is 4.12. The number of rotatable bonds is 7. The summed E-state index contributed by atoms with van der Waals surface area (Å²) in [4.78, 5) is 33.2. The molecule has 0 amide bonds. The Labute approximate surface area is 180 Å². The van der Waals surface area contributed by atoms with Crippen molar-refractivity contribution in [1.29, 1.82) is 0 Å². The molecule has 0 aromatic carbocycles. The van der Waals surface area contributed by atoms with E-state index in [-0.39, 0.29) is 23.5 Å². The zero-order valence-corrected chi connectivity index (χ0v) is 18.5. The van der Waals surface area contributed by atoms with Crippen LogP contribution in [-0.2, 0) is 16.0 Å². The van der Waals surface area contributed by atoms with Crippen LogP contribution in [0.25, 0.3) is 10.2 Å². The molecule has 2 atom stereocenters. The van der Waals surface area contributed by atoms with E-state index in [0.717, 1.165) is 19.4 Å². The third-order valence-corrected chi connectivity index (χ3v) is 7.09. The number of aromatic nitrogens is 6. The molecule has 3 aromatic rings. The van der Waals surface area contributed by atoms with E-state index < -0.39 is 5.97 Å². The van der Waals surface area contributed by atoms with E-state index in [0.29, 0.717) is 38.2 Å². The molecule has 12 heteroatoms. The zero-order valence-electron chi connectivity index (χ0n) is 16.9. The molecule has 1 aliphatic heterocycles. The second kappa shape index (κ2) is 8.82. The summed E-state index contributed by atoms with van der Waals surface area (Å²) >= 11 is 2.58. The van der Waals surface area contributed by atoms with Crippen molar-refractivity contribution in [2.24, 2.45) is 0 Å². The lowest BCUT2D eigenvalue weighted by Gasteiger charge is -2.12. The summed E-state index contributed by atoms with van der Waals surface area (Å²) in [5.41, 5.74) is 0.320. The molecule has 0 aliphatic carbocycles. The van der Waals surface area contributed by atoms with E-state index in [1.54, 1.807) is 18.5 Å². The second-order valence-corrected chi connectivity index (χ2v) is 9.25. The van der Waals surface area contributed by atoms with Crippen LogP contribution in [0, 0.1) is 6.92 Å². The lowest BCUT2D eigenvalue weighted by atomic mass is 10.2. The summed E-state index contributed by atoms with van der Waals surface area (Å²) in [6.45, 7) is 7.04. The first-order valence-corrected chi connectivity index (χ1v) is 11.4. The lowest BCUT2D eigenvalue weighted by Crippen LogP contribution is -2.17. The first-order chi connectivity index (χ1) is 14.5. The number of hydrogen-bond donors (Lipinski definition) is 1. The molecule has 4 rings (SSSR count). The average Bonchev–Trinajstić information content (AvgIpc) is 3.44. The molecule has 0 spiro atoms. The molecular weight excluding hydrogens is 428 g/mol. The molecule has 30 heavy (non-hydrogen) atoms. The van der Waals surface area contributed by atoms with E-state index in [1.165, 1.54) is 23.1 Å². The highest BCUT2D eigenvalue weighted by Gasteiger charge is 2.24. The van der Waals surface area contributed by atoms with Crippen molar-refractivity contribution in [3.05, 3.63) is 26.6 Å². The van der Waals surface area contributed by atoms with Crippen LogP contribution in [-0.4, -0.2) is 55.5 Å². The number of carbonyl (C=O) groups excluding carboxylic acids is 1. The summed E-state index contributed by atoms with van der Waals surface area (Å²) in [5.74, 6) is 0.0653. The monoisotopic (exact) mass is 450 g/mol. The maximum Gasteiger partial charge on any atom is 0.348 e. The molecule has 0 unspecified atom stereocenters. The van der Waals surface area contributed by atoms with E-state index in [9.17, 15) is 9.59 Å². The Morgan fingerprint density at radius 2 is 2.33 bits per heavy atom. The number of thioether (sulfide) groups is 1. The van der Waals surface area contributed by atoms with Crippen LogP contribution in [0.4, 0.5) is 0 Å². The fraction of sp³-hybridized carbons (Fsp3) is 0.556. The Kier molecular flexibility index (Phi) is 6.16. The van der Waals surface area contributed by atoms with Crippen LogP contribution in [0.2, 0.25) is 0 Å². The maximum atomic E-state index is 12.7. The van der Waals surface area contributed by atoms with Gasteiger partial charge in [-0.1, -0.05) is 11.8 Å². The topological polar surface area (TPSA) is 125 Å². The number of nitrogens with zero attached hydrogens (tertiary/aromatic N) is 5. The number of thiophene rings is 1. The zero-order chi connectivity index (χ0) is 21.3. The number of esters is 1. The number of ether oxygens (including phenoxy) is 2. The SMILES string of the molecule is CCOC(=O)c1sc2nc([C@@H](C)Sc3nnnn3C[C@H]3CCCO3)[nH]c(=O)c2c1C. The van der Waals surface area contributed by atoms with E-state index in [4.69, 9.17) is 9.47 Å². The number of tetrazole rings is 1. The van der Waals surface area contributed by atoms with Crippen LogP contribution in [0.5, 0.6) is 0 Å². The van der Waals surface area contributed by atoms with Gasteiger partial charge in [0.2, 0.25) is 5.16 Å². The summed E-state index contributed by atoms with van der Waals surface area (Å²) in [7, 11) is 0. The van der Waals surface area contributed by atoms with E-state index in [2.05, 4.69) is 25.5 Å². The lowest BCUT2D eigenvalue weighted by molar-refractivity contribution is 0.0531. The van der Waals surface area contributed by atoms with E-state index in [1.807, 2.05) is 6.92 Å². The van der Waals surface area contributed by atoms with Crippen molar-refractivity contribution in [3.63, 3.8) is 0 Å². The van der Waals surface area contributed by atoms with Crippen LogP contribution >= 0.6 is 23.1 Å². The number of H-pyrrole nitrogens is 1. The molecule has 4 heterocycles. The van der Waals surface area contributed by atoms with Gasteiger partial charge in [0.1, 0.15) is 15.5 Å². The molecule has 3 aromatic heterocycles. The number of aromatic amines is 1. The number of hydrogen-bond acceptors (Lipinski definition) is 10. The van der Waals surface area contributed by atoms with Gasteiger partial charge in [-0.2, -0.15) is 0 Å². The number of nitrogens with one attached hydrogen (secondary N) is 1. The number of aryl methyl sites for hydroxylation is 1. The van der Waals surface area contributed by atoms with Crippen LogP contribution in [0.15, 0.2) is 9.95 Å². The summed E-state index contributed by atoms with van der Waals surface area (Å²) in [6.07, 6.45) is 2.16. The summed E-state index contributed by atoms with van der Waals surface area (Å²) in [6, 6.07) is 0. The van der Waals surface area contributed by atoms with Crippen LogP contribution < -0.4 is 5.56 Å². The van der Waals surface area contributed by atoms with Gasteiger partial charge in [0.05, 0.1) is 29.9 Å². The fourth-order valence-electron chi connectivity index (χ4n) is 3.34. The molecule has 1 aliphatic rings. The Balaban J connectivity index is 1.58. The highest BCUT2D eigenvalue weighted by molar-refractivity contribution is 7.99. The molecule has 1 fully saturated rings. The number of carbonyl (C=O) groups is 1. The Hall–Kier alpha value is -2.31. The van der Waals surface area contributed by atoms with Gasteiger partial charge in [0.15, 0.2) is 0 Å². The highest BCUT2D eigenvalue weighted by Crippen LogP contribution is 2.34.